The number of benzene rings is 1. The molecule has 2 aromatic rings. The molecular formula is C16H15N3O2. The van der Waals surface area contributed by atoms with E-state index < -0.39 is 5.97 Å². The molecule has 1 aromatic heterocycles. The highest BCUT2D eigenvalue weighted by molar-refractivity contribution is 5.90. The molecule has 5 heteroatoms. The van der Waals surface area contributed by atoms with Crippen LogP contribution in [0.5, 0.6) is 0 Å². The minimum absolute atomic E-state index is 0.0391. The van der Waals surface area contributed by atoms with Gasteiger partial charge in [0.1, 0.15) is 0 Å². The van der Waals surface area contributed by atoms with Gasteiger partial charge in [0.2, 0.25) is 0 Å². The Hall–Kier alpha value is -3.00. The van der Waals surface area contributed by atoms with Crippen LogP contribution in [0.25, 0.3) is 0 Å². The van der Waals surface area contributed by atoms with Gasteiger partial charge in [-0.2, -0.15) is 0 Å². The molecule has 0 atom stereocenters. The van der Waals surface area contributed by atoms with E-state index in [2.05, 4.69) is 16.2 Å². The number of carbonyl (C=O) groups is 1. The monoisotopic (exact) mass is 281 g/mol. The highest BCUT2D eigenvalue weighted by Gasteiger charge is 2.07. The lowest BCUT2D eigenvalue weighted by atomic mass is 10.2. The lowest BCUT2D eigenvalue weighted by molar-refractivity contribution is 0.0557. The first-order valence-corrected chi connectivity index (χ1v) is 6.31. The second-order valence-corrected chi connectivity index (χ2v) is 4.37. The molecule has 5 nitrogen and oxygen atoms in total. The van der Waals surface area contributed by atoms with Crippen LogP contribution in [-0.4, -0.2) is 17.6 Å². The quantitative estimate of drug-likeness (QED) is 0.665. The smallest absolute Gasteiger partial charge is 0.339 e. The van der Waals surface area contributed by atoms with Crippen molar-refractivity contribution < 1.29 is 9.53 Å². The second-order valence-electron chi connectivity index (χ2n) is 4.37. The van der Waals surface area contributed by atoms with Gasteiger partial charge >= 0.3 is 5.97 Å². The predicted octanol–water partition coefficient (Wildman–Crippen LogP) is 2.51. The largest absolute Gasteiger partial charge is 0.449 e. The van der Waals surface area contributed by atoms with Crippen molar-refractivity contribution in [1.82, 2.24) is 4.98 Å². The van der Waals surface area contributed by atoms with Crippen molar-refractivity contribution in [2.75, 3.05) is 17.7 Å². The van der Waals surface area contributed by atoms with Crippen molar-refractivity contribution in [1.29, 1.82) is 0 Å². The first kappa shape index (κ1) is 14.4. The molecule has 0 aliphatic carbocycles. The summed E-state index contributed by atoms with van der Waals surface area (Å²) in [5.41, 5.74) is 8.47. The van der Waals surface area contributed by atoms with Gasteiger partial charge in [-0.05, 0) is 43.3 Å². The number of pyridine rings is 1. The number of carbonyl (C=O) groups excluding carboxylic acids is 1. The van der Waals surface area contributed by atoms with Gasteiger partial charge in [-0.3, -0.25) is 0 Å². The summed E-state index contributed by atoms with van der Waals surface area (Å²) in [4.78, 5) is 15.9. The molecule has 0 aliphatic rings. The van der Waals surface area contributed by atoms with Gasteiger partial charge in [0.05, 0.1) is 11.3 Å². The molecule has 0 amide bonds. The average molecular weight is 281 g/mol. The number of anilines is 3. The normalized spacial score (nSPS) is 9.71. The Morgan fingerprint density at radius 2 is 2.05 bits per heavy atom. The summed E-state index contributed by atoms with van der Waals surface area (Å²) in [6, 6.07) is 10.4. The van der Waals surface area contributed by atoms with Crippen molar-refractivity contribution in [3.05, 3.63) is 47.7 Å². The molecule has 106 valence electrons. The number of hydrogen-bond donors (Lipinski definition) is 2. The van der Waals surface area contributed by atoms with E-state index in [1.54, 1.807) is 30.3 Å². The number of nitrogens with one attached hydrogen (secondary N) is 1. The van der Waals surface area contributed by atoms with Crippen LogP contribution in [0.2, 0.25) is 0 Å². The molecule has 0 saturated carbocycles. The number of ether oxygens (including phenoxy) is 1. The lowest BCUT2D eigenvalue weighted by Gasteiger charge is -2.09. The van der Waals surface area contributed by atoms with E-state index in [4.69, 9.17) is 16.9 Å². The van der Waals surface area contributed by atoms with Gasteiger partial charge in [0.25, 0.3) is 0 Å². The molecule has 0 bridgehead atoms. The van der Waals surface area contributed by atoms with Gasteiger partial charge in [0, 0.05) is 11.4 Å². The highest BCUT2D eigenvalue weighted by Crippen LogP contribution is 2.21. The number of nitrogens with zero attached hydrogens (tertiary/aromatic N) is 1. The fraction of sp³-hybridized carbons (Fsp3) is 0.125. The molecule has 3 N–H and O–H groups in total. The van der Waals surface area contributed by atoms with Gasteiger partial charge < -0.3 is 15.8 Å². The standard InChI is InChI=1S/C16H15N3O2/c1-3-10-21-16(20)12-5-7-13(8-6-12)19-15-14(17)9-4-11(2)18-15/h1,4-9H,10,17H2,2H3,(H,18,19). The highest BCUT2D eigenvalue weighted by atomic mass is 16.5. The lowest BCUT2D eigenvalue weighted by Crippen LogP contribution is -2.05. The van der Waals surface area contributed by atoms with E-state index in [9.17, 15) is 4.79 Å². The van der Waals surface area contributed by atoms with Crippen LogP contribution in [0.4, 0.5) is 17.2 Å². The van der Waals surface area contributed by atoms with Crippen molar-refractivity contribution in [2.45, 2.75) is 6.92 Å². The molecule has 0 aliphatic heterocycles. The topological polar surface area (TPSA) is 77.2 Å². The molecule has 0 saturated heterocycles. The molecular weight excluding hydrogens is 266 g/mol. The third kappa shape index (κ3) is 3.74. The molecule has 1 heterocycles. The van der Waals surface area contributed by atoms with Crippen molar-refractivity contribution in [2.24, 2.45) is 0 Å². The summed E-state index contributed by atoms with van der Waals surface area (Å²) < 4.78 is 4.84. The number of aryl methyl sites for hydroxylation is 1. The zero-order chi connectivity index (χ0) is 15.2. The van der Waals surface area contributed by atoms with Gasteiger partial charge in [0.15, 0.2) is 12.4 Å². The Balaban J connectivity index is 2.11. The summed E-state index contributed by atoms with van der Waals surface area (Å²) in [7, 11) is 0. The Labute approximate surface area is 123 Å². The number of esters is 1. The van der Waals surface area contributed by atoms with Crippen LogP contribution in [0.15, 0.2) is 36.4 Å². The van der Waals surface area contributed by atoms with Crippen LogP contribution in [0.3, 0.4) is 0 Å². The molecule has 0 unspecified atom stereocenters. The number of aromatic nitrogens is 1. The van der Waals surface area contributed by atoms with Gasteiger partial charge in [-0.25, -0.2) is 9.78 Å². The van der Waals surface area contributed by atoms with Crippen LogP contribution in [0.1, 0.15) is 16.1 Å². The molecule has 2 rings (SSSR count). The number of rotatable bonds is 4. The number of nitrogens with two attached hydrogens (primary N) is 1. The first-order valence-electron chi connectivity index (χ1n) is 6.31. The zero-order valence-corrected chi connectivity index (χ0v) is 11.6. The number of terminal acetylenes is 1. The summed E-state index contributed by atoms with van der Waals surface area (Å²) in [5.74, 6) is 2.38. The van der Waals surface area contributed by atoms with Gasteiger partial charge in [-0.15, -0.1) is 6.42 Å². The maximum absolute atomic E-state index is 11.6. The first-order chi connectivity index (χ1) is 10.1. The van der Waals surface area contributed by atoms with Crippen molar-refractivity contribution >= 4 is 23.2 Å². The summed E-state index contributed by atoms with van der Waals surface area (Å²) in [6.45, 7) is 1.85. The molecule has 0 radical (unpaired) electrons. The minimum Gasteiger partial charge on any atom is -0.449 e. The van der Waals surface area contributed by atoms with E-state index in [-0.39, 0.29) is 6.61 Å². The summed E-state index contributed by atoms with van der Waals surface area (Å²) >= 11 is 0. The van der Waals surface area contributed by atoms with E-state index >= 15 is 0 Å². The van der Waals surface area contributed by atoms with Crippen LogP contribution >= 0.6 is 0 Å². The fourth-order valence-corrected chi connectivity index (χ4v) is 1.68. The van der Waals surface area contributed by atoms with E-state index in [0.29, 0.717) is 17.1 Å². The molecule has 1 aromatic carbocycles. The molecule has 0 fully saturated rings. The average Bonchev–Trinajstić information content (AvgIpc) is 2.49. The van der Waals surface area contributed by atoms with Crippen LogP contribution in [-0.2, 0) is 4.74 Å². The number of nitrogen functional groups attached to an aromatic ring is 1. The van der Waals surface area contributed by atoms with Crippen molar-refractivity contribution in [3.63, 3.8) is 0 Å². The SMILES string of the molecule is C#CCOC(=O)c1ccc(Nc2nc(C)ccc2N)cc1. The number of hydrogen-bond acceptors (Lipinski definition) is 5. The Bertz CT molecular complexity index is 688. The van der Waals surface area contributed by atoms with Gasteiger partial charge in [-0.1, -0.05) is 5.92 Å². The third-order valence-corrected chi connectivity index (χ3v) is 2.74. The summed E-state index contributed by atoms with van der Waals surface area (Å²) in [6.07, 6.45) is 5.04. The van der Waals surface area contributed by atoms with E-state index in [1.807, 2.05) is 13.0 Å². The maximum atomic E-state index is 11.6. The zero-order valence-electron chi connectivity index (χ0n) is 11.6. The third-order valence-electron chi connectivity index (χ3n) is 2.74. The van der Waals surface area contributed by atoms with Crippen molar-refractivity contribution in [3.8, 4) is 12.3 Å². The fourth-order valence-electron chi connectivity index (χ4n) is 1.68. The molecule has 0 spiro atoms. The van der Waals surface area contributed by atoms with E-state index in [0.717, 1.165) is 11.4 Å². The predicted molar refractivity (Wildman–Crippen MR) is 82.2 cm³/mol. The Morgan fingerprint density at radius 3 is 2.71 bits per heavy atom. The maximum Gasteiger partial charge on any atom is 0.339 e. The summed E-state index contributed by atoms with van der Waals surface area (Å²) in [5, 5.41) is 3.10. The van der Waals surface area contributed by atoms with E-state index in [1.165, 1.54) is 0 Å². The Kier molecular flexibility index (Phi) is 4.42. The van der Waals surface area contributed by atoms with Crippen LogP contribution in [0, 0.1) is 19.3 Å². The second kappa shape index (κ2) is 6.44. The Morgan fingerprint density at radius 1 is 1.33 bits per heavy atom. The molecule has 21 heavy (non-hydrogen) atoms. The minimum atomic E-state index is -0.451. The van der Waals surface area contributed by atoms with Crippen LogP contribution < -0.4 is 11.1 Å².